The average Bonchev–Trinajstić information content (AvgIpc) is 2.55. The van der Waals surface area contributed by atoms with Crippen LogP contribution < -0.4 is 0 Å². The monoisotopic (exact) mass is 369 g/mol. The largest absolute Gasteiger partial charge is 0.338 e. The minimum Gasteiger partial charge on any atom is -0.338 e. The summed E-state index contributed by atoms with van der Waals surface area (Å²) in [5, 5.41) is 0.845. The Hall–Kier alpha value is -1.79. The molecule has 2 aliphatic heterocycles. The van der Waals surface area contributed by atoms with Gasteiger partial charge < -0.3 is 14.7 Å². The number of halogens is 2. The van der Waals surface area contributed by atoms with Gasteiger partial charge >= 0.3 is 0 Å². The third-order valence-electron chi connectivity index (χ3n) is 4.43. The molecule has 0 spiro atoms. The molecule has 2 fully saturated rings. The first kappa shape index (κ1) is 17.0. The van der Waals surface area contributed by atoms with Crippen molar-refractivity contribution in [2.75, 3.05) is 33.2 Å². The summed E-state index contributed by atoms with van der Waals surface area (Å²) in [5.74, 6) is -0.290. The van der Waals surface area contributed by atoms with E-state index in [1.807, 2.05) is 0 Å². The van der Waals surface area contributed by atoms with E-state index in [1.165, 1.54) is 4.90 Å². The molecule has 3 rings (SSSR count). The predicted molar refractivity (Wildman–Crippen MR) is 89.9 cm³/mol. The van der Waals surface area contributed by atoms with E-state index < -0.39 is 6.04 Å². The fraction of sp³-hybridized carbons (Fsp3) is 0.438. The zero-order valence-electron chi connectivity index (χ0n) is 13.2. The fourth-order valence-electron chi connectivity index (χ4n) is 3.08. The first-order valence-electron chi connectivity index (χ1n) is 7.63. The highest BCUT2D eigenvalue weighted by molar-refractivity contribution is 6.42. The van der Waals surface area contributed by atoms with Crippen LogP contribution in [-0.2, 0) is 20.8 Å². The van der Waals surface area contributed by atoms with Crippen molar-refractivity contribution < 1.29 is 14.4 Å². The van der Waals surface area contributed by atoms with Crippen LogP contribution in [0.2, 0.25) is 10.0 Å². The molecular formula is C16H17Cl2N3O3. The summed E-state index contributed by atoms with van der Waals surface area (Å²) in [6.45, 7) is 1.15. The summed E-state index contributed by atoms with van der Waals surface area (Å²) in [7, 11) is 1.61. The Kier molecular flexibility index (Phi) is 4.69. The Balaban J connectivity index is 1.69. The van der Waals surface area contributed by atoms with Gasteiger partial charge in [0.25, 0.3) is 0 Å². The van der Waals surface area contributed by atoms with Crippen LogP contribution in [0.3, 0.4) is 0 Å². The summed E-state index contributed by atoms with van der Waals surface area (Å²) in [5.41, 5.74) is 0.764. The zero-order valence-corrected chi connectivity index (χ0v) is 14.7. The Bertz CT molecular complexity index is 710. The van der Waals surface area contributed by atoms with E-state index in [0.29, 0.717) is 23.1 Å². The fourth-order valence-corrected chi connectivity index (χ4v) is 3.40. The Morgan fingerprint density at radius 3 is 2.67 bits per heavy atom. The molecule has 24 heavy (non-hydrogen) atoms. The van der Waals surface area contributed by atoms with Crippen molar-refractivity contribution in [3.8, 4) is 0 Å². The number of fused-ring (bicyclic) bond motifs is 1. The summed E-state index contributed by atoms with van der Waals surface area (Å²) in [6.07, 6.45) is 0.182. The van der Waals surface area contributed by atoms with Gasteiger partial charge in [-0.15, -0.1) is 0 Å². The maximum Gasteiger partial charge on any atom is 0.247 e. The topological polar surface area (TPSA) is 60.9 Å². The molecule has 0 saturated carbocycles. The maximum absolute atomic E-state index is 12.5. The lowest BCUT2D eigenvalue weighted by Gasteiger charge is -2.45. The van der Waals surface area contributed by atoms with Crippen LogP contribution in [-0.4, -0.2) is 71.7 Å². The van der Waals surface area contributed by atoms with Gasteiger partial charge in [0.15, 0.2) is 0 Å². The molecule has 0 N–H and O–H groups in total. The molecular weight excluding hydrogens is 353 g/mol. The van der Waals surface area contributed by atoms with Crippen molar-refractivity contribution in [2.45, 2.75) is 12.5 Å². The summed E-state index contributed by atoms with van der Waals surface area (Å²) in [6, 6.07) is 4.50. The van der Waals surface area contributed by atoms with Crippen LogP contribution in [0.5, 0.6) is 0 Å². The Morgan fingerprint density at radius 2 is 1.96 bits per heavy atom. The lowest BCUT2D eigenvalue weighted by Crippen LogP contribution is -2.66. The van der Waals surface area contributed by atoms with E-state index >= 15 is 0 Å². The number of nitrogens with zero attached hydrogens (tertiary/aromatic N) is 3. The molecule has 1 aromatic carbocycles. The van der Waals surface area contributed by atoms with E-state index in [1.54, 1.807) is 35.0 Å². The molecule has 2 aliphatic rings. The number of hydrogen-bond acceptors (Lipinski definition) is 3. The second kappa shape index (κ2) is 6.61. The van der Waals surface area contributed by atoms with Crippen LogP contribution in [0.4, 0.5) is 0 Å². The van der Waals surface area contributed by atoms with Crippen LogP contribution in [0.1, 0.15) is 5.56 Å². The summed E-state index contributed by atoms with van der Waals surface area (Å²) >= 11 is 11.9. The number of likely N-dealkylation sites (N-methyl/N-ethyl adjacent to an activating group) is 1. The first-order chi connectivity index (χ1) is 11.4. The van der Waals surface area contributed by atoms with Crippen LogP contribution in [0.25, 0.3) is 0 Å². The van der Waals surface area contributed by atoms with Crippen LogP contribution in [0, 0.1) is 0 Å². The van der Waals surface area contributed by atoms with Crippen LogP contribution >= 0.6 is 23.2 Å². The molecule has 128 valence electrons. The normalized spacial score (nSPS) is 21.1. The molecule has 2 saturated heterocycles. The van der Waals surface area contributed by atoms with Crippen LogP contribution in [0.15, 0.2) is 18.2 Å². The number of rotatable bonds is 2. The second-order valence-corrected chi connectivity index (χ2v) is 6.88. The molecule has 0 aliphatic carbocycles. The highest BCUT2D eigenvalue weighted by atomic mass is 35.5. The van der Waals surface area contributed by atoms with Gasteiger partial charge in [0.05, 0.1) is 29.6 Å². The van der Waals surface area contributed by atoms with Crippen molar-refractivity contribution in [3.63, 3.8) is 0 Å². The smallest absolute Gasteiger partial charge is 0.247 e. The molecule has 0 unspecified atom stereocenters. The van der Waals surface area contributed by atoms with Gasteiger partial charge in [0.1, 0.15) is 6.04 Å². The molecule has 8 heteroatoms. The van der Waals surface area contributed by atoms with Gasteiger partial charge in [-0.05, 0) is 17.7 Å². The minimum atomic E-state index is -0.581. The molecule has 6 nitrogen and oxygen atoms in total. The van der Waals surface area contributed by atoms with E-state index in [2.05, 4.69) is 0 Å². The molecule has 0 aromatic heterocycles. The standard InChI is InChI=1S/C16H17Cl2N3O3/c1-19-9-15(23)21-5-4-20(8-13(21)16(19)24)14(22)7-10-2-3-11(17)12(18)6-10/h2-3,6,13H,4-5,7-9H2,1H3/t13-/m1/s1. The molecule has 0 bridgehead atoms. The summed E-state index contributed by atoms with van der Waals surface area (Å²) in [4.78, 5) is 41.4. The van der Waals surface area contributed by atoms with Crippen molar-refractivity contribution in [1.82, 2.24) is 14.7 Å². The third-order valence-corrected chi connectivity index (χ3v) is 5.17. The van der Waals surface area contributed by atoms with Crippen molar-refractivity contribution in [2.24, 2.45) is 0 Å². The van der Waals surface area contributed by atoms with E-state index in [0.717, 1.165) is 5.56 Å². The second-order valence-electron chi connectivity index (χ2n) is 6.06. The van der Waals surface area contributed by atoms with E-state index in [4.69, 9.17) is 23.2 Å². The quantitative estimate of drug-likeness (QED) is 0.782. The van der Waals surface area contributed by atoms with Crippen molar-refractivity contribution >= 4 is 40.9 Å². The Labute approximate surface area is 149 Å². The highest BCUT2D eigenvalue weighted by Gasteiger charge is 2.42. The minimum absolute atomic E-state index is 0.0707. The van der Waals surface area contributed by atoms with Gasteiger partial charge in [-0.3, -0.25) is 14.4 Å². The SMILES string of the molecule is CN1CC(=O)N2CCN(C(=O)Cc3ccc(Cl)c(Cl)c3)C[C@@H]2C1=O. The van der Waals surface area contributed by atoms with Gasteiger partial charge in [0, 0.05) is 20.1 Å². The zero-order chi connectivity index (χ0) is 17.4. The third kappa shape index (κ3) is 3.21. The summed E-state index contributed by atoms with van der Waals surface area (Å²) < 4.78 is 0. The number of benzene rings is 1. The molecule has 2 heterocycles. The highest BCUT2D eigenvalue weighted by Crippen LogP contribution is 2.23. The van der Waals surface area contributed by atoms with Gasteiger partial charge in [-0.25, -0.2) is 0 Å². The number of piperazine rings is 2. The number of carbonyl (C=O) groups is 3. The van der Waals surface area contributed by atoms with Crippen molar-refractivity contribution in [3.05, 3.63) is 33.8 Å². The maximum atomic E-state index is 12.5. The number of carbonyl (C=O) groups excluding carboxylic acids is 3. The lowest BCUT2D eigenvalue weighted by molar-refractivity contribution is -0.160. The average molecular weight is 370 g/mol. The predicted octanol–water partition coefficient (Wildman–Crippen LogP) is 1.05. The molecule has 1 atom stereocenters. The molecule has 0 radical (unpaired) electrons. The lowest BCUT2D eigenvalue weighted by atomic mass is 10.1. The number of hydrogen-bond donors (Lipinski definition) is 0. The molecule has 3 amide bonds. The van der Waals surface area contributed by atoms with Crippen molar-refractivity contribution in [1.29, 1.82) is 0 Å². The van der Waals surface area contributed by atoms with Gasteiger partial charge in [-0.1, -0.05) is 29.3 Å². The Morgan fingerprint density at radius 1 is 1.21 bits per heavy atom. The number of amides is 3. The van der Waals surface area contributed by atoms with Gasteiger partial charge in [0.2, 0.25) is 17.7 Å². The first-order valence-corrected chi connectivity index (χ1v) is 8.38. The molecule has 1 aromatic rings. The van der Waals surface area contributed by atoms with Gasteiger partial charge in [-0.2, -0.15) is 0 Å². The van der Waals surface area contributed by atoms with E-state index in [-0.39, 0.29) is 37.2 Å². The van der Waals surface area contributed by atoms with E-state index in [9.17, 15) is 14.4 Å².